The number of likely N-dealkylation sites (tertiary alicyclic amines) is 1. The number of hydrogen-bond acceptors (Lipinski definition) is 3. The average molecular weight is 409 g/mol. The van der Waals surface area contributed by atoms with E-state index in [4.69, 9.17) is 12.2 Å². The molecule has 2 heterocycles. The molecule has 152 valence electrons. The monoisotopic (exact) mass is 408 g/mol. The van der Waals surface area contributed by atoms with Crippen molar-refractivity contribution in [2.75, 3.05) is 25.0 Å². The molecule has 8 heteroatoms. The fraction of sp³-hybridized carbons (Fsp3) is 0.500. The predicted molar refractivity (Wildman–Crippen MR) is 110 cm³/mol. The molecule has 0 aromatic heterocycles. The van der Waals surface area contributed by atoms with Crippen LogP contribution >= 0.6 is 12.2 Å². The van der Waals surface area contributed by atoms with Crippen molar-refractivity contribution in [3.05, 3.63) is 42.5 Å². The van der Waals surface area contributed by atoms with Crippen LogP contribution in [0.4, 0.5) is 14.5 Å². The molecule has 2 fully saturated rings. The summed E-state index contributed by atoms with van der Waals surface area (Å²) in [6.45, 7) is 9.53. The van der Waals surface area contributed by atoms with E-state index in [9.17, 15) is 13.6 Å². The molecule has 1 amide bonds. The Balaban J connectivity index is 1.68. The van der Waals surface area contributed by atoms with Gasteiger partial charge in [-0.25, -0.2) is 8.78 Å². The van der Waals surface area contributed by atoms with Gasteiger partial charge in [-0.3, -0.25) is 10.1 Å². The number of amides is 1. The lowest BCUT2D eigenvalue weighted by Gasteiger charge is -2.45. The van der Waals surface area contributed by atoms with E-state index in [0.717, 1.165) is 18.2 Å². The Morgan fingerprint density at radius 2 is 2.11 bits per heavy atom. The highest BCUT2D eigenvalue weighted by molar-refractivity contribution is 7.80. The third kappa shape index (κ3) is 3.89. The van der Waals surface area contributed by atoms with Crippen LogP contribution in [0.25, 0.3) is 0 Å². The van der Waals surface area contributed by atoms with Gasteiger partial charge in [-0.05, 0) is 30.3 Å². The Bertz CT molecular complexity index is 777. The molecule has 1 aromatic rings. The zero-order valence-electron chi connectivity index (χ0n) is 16.2. The molecule has 2 aliphatic heterocycles. The molecule has 3 rings (SSSR count). The Kier molecular flexibility index (Phi) is 6.00. The summed E-state index contributed by atoms with van der Waals surface area (Å²) in [5, 5.41) is 6.69. The molecule has 2 aliphatic rings. The summed E-state index contributed by atoms with van der Waals surface area (Å²) in [6, 6.07) is 3.01. The van der Waals surface area contributed by atoms with E-state index in [1.165, 1.54) is 0 Å². The molecule has 1 spiro atoms. The van der Waals surface area contributed by atoms with Gasteiger partial charge < -0.3 is 15.1 Å². The quantitative estimate of drug-likeness (QED) is 0.592. The van der Waals surface area contributed by atoms with Gasteiger partial charge in [-0.2, -0.15) is 0 Å². The molecule has 0 radical (unpaired) electrons. The van der Waals surface area contributed by atoms with Crippen LogP contribution in [0.5, 0.6) is 0 Å². The van der Waals surface area contributed by atoms with Crippen LogP contribution in [0, 0.1) is 17.6 Å². The Hall–Kier alpha value is -2.06. The molecule has 2 N–H and O–H groups in total. The van der Waals surface area contributed by atoms with Crippen LogP contribution in [0.3, 0.4) is 0 Å². The molecule has 5 nitrogen and oxygen atoms in total. The van der Waals surface area contributed by atoms with Crippen molar-refractivity contribution in [2.24, 2.45) is 5.92 Å². The number of anilines is 1. The lowest BCUT2D eigenvalue weighted by Crippen LogP contribution is -2.60. The first-order chi connectivity index (χ1) is 13.3. The van der Waals surface area contributed by atoms with Crippen molar-refractivity contribution in [1.29, 1.82) is 0 Å². The number of carbonyl (C=O) groups is 1. The van der Waals surface area contributed by atoms with Gasteiger partial charge in [0.25, 0.3) is 0 Å². The van der Waals surface area contributed by atoms with E-state index >= 15 is 0 Å². The molecule has 0 bridgehead atoms. The van der Waals surface area contributed by atoms with Gasteiger partial charge in [0.1, 0.15) is 11.6 Å². The maximum atomic E-state index is 13.9. The molecular formula is C20H26F2N4OS. The molecule has 2 saturated heterocycles. The highest BCUT2D eigenvalue weighted by Crippen LogP contribution is 2.34. The summed E-state index contributed by atoms with van der Waals surface area (Å²) in [7, 11) is 0. The van der Waals surface area contributed by atoms with Gasteiger partial charge in [0.05, 0.1) is 17.4 Å². The van der Waals surface area contributed by atoms with Crippen LogP contribution < -0.4 is 10.6 Å². The van der Waals surface area contributed by atoms with Gasteiger partial charge in [-0.15, -0.1) is 6.58 Å². The summed E-state index contributed by atoms with van der Waals surface area (Å²) in [4.78, 5) is 16.6. The first-order valence-electron chi connectivity index (χ1n) is 9.48. The van der Waals surface area contributed by atoms with Crippen molar-refractivity contribution in [3.63, 3.8) is 0 Å². The van der Waals surface area contributed by atoms with E-state index in [2.05, 4.69) is 17.2 Å². The minimum absolute atomic E-state index is 0.0209. The third-order valence-electron chi connectivity index (χ3n) is 5.50. The highest BCUT2D eigenvalue weighted by atomic mass is 32.1. The molecule has 1 aromatic carbocycles. The summed E-state index contributed by atoms with van der Waals surface area (Å²) in [6.07, 6.45) is 3.11. The van der Waals surface area contributed by atoms with E-state index < -0.39 is 17.3 Å². The van der Waals surface area contributed by atoms with Crippen molar-refractivity contribution < 1.29 is 13.6 Å². The highest BCUT2D eigenvalue weighted by Gasteiger charge is 2.51. The van der Waals surface area contributed by atoms with Crippen LogP contribution in [0.1, 0.15) is 26.7 Å². The maximum absolute atomic E-state index is 13.9. The van der Waals surface area contributed by atoms with Crippen LogP contribution in [0.2, 0.25) is 0 Å². The van der Waals surface area contributed by atoms with Crippen molar-refractivity contribution in [1.82, 2.24) is 15.1 Å². The number of thiocarbonyl (C=S) groups is 1. The number of carbonyl (C=O) groups excluding carboxylic acids is 1. The fourth-order valence-corrected chi connectivity index (χ4v) is 4.23. The second-order valence-corrected chi connectivity index (χ2v) is 8.06. The first kappa shape index (κ1) is 20.7. The topological polar surface area (TPSA) is 47.6 Å². The SMILES string of the molecule is C=CCN1C(=O)C(C(C)C)NC12CCN(C(=S)Nc1cc(F)ccc1F)CC2. The minimum atomic E-state index is -0.558. The predicted octanol–water partition coefficient (Wildman–Crippen LogP) is 3.10. The number of nitrogens with zero attached hydrogens (tertiary/aromatic N) is 2. The van der Waals surface area contributed by atoms with Crippen molar-refractivity contribution in [2.45, 2.75) is 38.4 Å². The van der Waals surface area contributed by atoms with Crippen LogP contribution in [-0.4, -0.2) is 52.2 Å². The normalized spacial score (nSPS) is 21.5. The zero-order valence-corrected chi connectivity index (χ0v) is 17.0. The lowest BCUT2D eigenvalue weighted by atomic mass is 9.95. The number of nitrogens with one attached hydrogen (secondary N) is 2. The second-order valence-electron chi connectivity index (χ2n) is 7.68. The summed E-state index contributed by atoms with van der Waals surface area (Å²) < 4.78 is 27.2. The minimum Gasteiger partial charge on any atom is -0.349 e. The largest absolute Gasteiger partial charge is 0.349 e. The molecular weight excluding hydrogens is 382 g/mol. The number of rotatable bonds is 4. The van der Waals surface area contributed by atoms with Gasteiger partial charge in [-0.1, -0.05) is 19.9 Å². The molecule has 0 aliphatic carbocycles. The fourth-order valence-electron chi connectivity index (χ4n) is 3.94. The van der Waals surface area contributed by atoms with E-state index in [1.54, 1.807) is 6.08 Å². The van der Waals surface area contributed by atoms with Gasteiger partial charge >= 0.3 is 0 Å². The number of halogens is 2. The average Bonchev–Trinajstić information content (AvgIpc) is 2.92. The van der Waals surface area contributed by atoms with Crippen molar-refractivity contribution >= 4 is 28.9 Å². The summed E-state index contributed by atoms with van der Waals surface area (Å²) in [5.41, 5.74) is -0.399. The van der Waals surface area contributed by atoms with Crippen molar-refractivity contribution in [3.8, 4) is 0 Å². The third-order valence-corrected chi connectivity index (χ3v) is 5.86. The molecule has 28 heavy (non-hydrogen) atoms. The number of hydrogen-bond donors (Lipinski definition) is 2. The molecule has 1 atom stereocenters. The smallest absolute Gasteiger partial charge is 0.241 e. The van der Waals surface area contributed by atoms with E-state index in [1.807, 2.05) is 23.6 Å². The lowest BCUT2D eigenvalue weighted by molar-refractivity contribution is -0.133. The number of piperidine rings is 1. The van der Waals surface area contributed by atoms with E-state index in [0.29, 0.717) is 37.6 Å². The van der Waals surface area contributed by atoms with Crippen LogP contribution in [0.15, 0.2) is 30.9 Å². The molecule has 1 unspecified atom stereocenters. The van der Waals surface area contributed by atoms with Gasteiger partial charge in [0.15, 0.2) is 5.11 Å². The molecule has 0 saturated carbocycles. The van der Waals surface area contributed by atoms with Crippen LogP contribution in [-0.2, 0) is 4.79 Å². The van der Waals surface area contributed by atoms with E-state index in [-0.39, 0.29) is 23.6 Å². The standard InChI is InChI=1S/C20H26F2N4OS/c1-4-9-26-18(27)17(13(2)3)24-20(26)7-10-25(11-8-20)19(28)23-16-12-14(21)5-6-15(16)22/h4-6,12-13,17,24H,1,7-11H2,2-3H3,(H,23,28). The number of benzene rings is 1. The Labute approximate surface area is 169 Å². The van der Waals surface area contributed by atoms with Gasteiger partial charge in [0.2, 0.25) is 5.91 Å². The van der Waals surface area contributed by atoms with Gasteiger partial charge in [0, 0.05) is 38.5 Å². The Morgan fingerprint density at radius 1 is 1.43 bits per heavy atom. The summed E-state index contributed by atoms with van der Waals surface area (Å²) >= 11 is 5.40. The second kappa shape index (κ2) is 8.13. The Morgan fingerprint density at radius 3 is 2.71 bits per heavy atom. The zero-order chi connectivity index (χ0) is 20.5. The summed E-state index contributed by atoms with van der Waals surface area (Å²) in [5.74, 6) is -0.795. The first-order valence-corrected chi connectivity index (χ1v) is 9.89. The maximum Gasteiger partial charge on any atom is 0.241 e.